The van der Waals surface area contributed by atoms with Gasteiger partial charge >= 0.3 is 0 Å². The van der Waals surface area contributed by atoms with Gasteiger partial charge in [0.15, 0.2) is 5.69 Å². The molecule has 19 heavy (non-hydrogen) atoms. The van der Waals surface area contributed by atoms with Gasteiger partial charge in [0.25, 0.3) is 0 Å². The van der Waals surface area contributed by atoms with E-state index in [1.165, 1.54) is 0 Å². The number of methoxy groups -OCH3 is 2. The Balaban J connectivity index is 2.40. The lowest BCUT2D eigenvalue weighted by molar-refractivity contribution is 0.396. The number of nitrogens with zero attached hydrogens (tertiary/aromatic N) is 2. The van der Waals surface area contributed by atoms with Crippen molar-refractivity contribution >= 4 is 11.4 Å². The Bertz CT molecular complexity index is 572. The average molecular weight is 256 g/mol. The highest BCUT2D eigenvalue weighted by Crippen LogP contribution is 2.38. The van der Waals surface area contributed by atoms with Gasteiger partial charge in [0, 0.05) is 0 Å². The minimum Gasteiger partial charge on any atom is -0.494 e. The van der Waals surface area contributed by atoms with E-state index in [0.29, 0.717) is 17.2 Å². The van der Waals surface area contributed by atoms with E-state index in [9.17, 15) is 0 Å². The molecule has 0 unspecified atom stereocenters. The maximum atomic E-state index is 5.27. The van der Waals surface area contributed by atoms with Crippen LogP contribution in [0.5, 0.6) is 11.5 Å². The van der Waals surface area contributed by atoms with E-state index in [0.717, 1.165) is 11.3 Å². The van der Waals surface area contributed by atoms with Gasteiger partial charge in [0.2, 0.25) is 0 Å². The molecular formula is C15H16N2O2. The Hall–Kier alpha value is -2.36. The summed E-state index contributed by atoms with van der Waals surface area (Å²) < 4.78 is 10.5. The van der Waals surface area contributed by atoms with Crippen molar-refractivity contribution in [3.05, 3.63) is 48.0 Å². The number of hydrogen-bond donors (Lipinski definition) is 0. The molecule has 0 bridgehead atoms. The average Bonchev–Trinajstić information content (AvgIpc) is 2.46. The Morgan fingerprint density at radius 2 is 1.42 bits per heavy atom. The van der Waals surface area contributed by atoms with Gasteiger partial charge in [-0.05, 0) is 30.7 Å². The Morgan fingerprint density at radius 3 is 2.00 bits per heavy atom. The van der Waals surface area contributed by atoms with Crippen LogP contribution in [0.15, 0.2) is 52.7 Å². The van der Waals surface area contributed by atoms with E-state index in [4.69, 9.17) is 9.47 Å². The van der Waals surface area contributed by atoms with Gasteiger partial charge in [0.05, 0.1) is 19.9 Å². The molecule has 0 radical (unpaired) electrons. The van der Waals surface area contributed by atoms with Crippen LogP contribution in [0.3, 0.4) is 0 Å². The lowest BCUT2D eigenvalue weighted by Gasteiger charge is -2.08. The number of ether oxygens (including phenoxy) is 2. The second-order valence-corrected chi connectivity index (χ2v) is 4.00. The normalized spacial score (nSPS) is 10.7. The summed E-state index contributed by atoms with van der Waals surface area (Å²) >= 11 is 0. The highest BCUT2D eigenvalue weighted by Gasteiger charge is 2.08. The molecule has 0 saturated heterocycles. The van der Waals surface area contributed by atoms with Gasteiger partial charge in [-0.1, -0.05) is 24.3 Å². The first-order chi connectivity index (χ1) is 9.26. The maximum absolute atomic E-state index is 5.27. The van der Waals surface area contributed by atoms with Crippen LogP contribution in [-0.4, -0.2) is 14.2 Å². The molecule has 4 heteroatoms. The molecule has 0 aliphatic rings. The molecule has 0 atom stereocenters. The van der Waals surface area contributed by atoms with Crippen LogP contribution >= 0.6 is 0 Å². The van der Waals surface area contributed by atoms with Crippen molar-refractivity contribution in [3.8, 4) is 11.5 Å². The Morgan fingerprint density at radius 1 is 0.789 bits per heavy atom. The van der Waals surface area contributed by atoms with Crippen LogP contribution < -0.4 is 9.47 Å². The first-order valence-electron chi connectivity index (χ1n) is 5.94. The summed E-state index contributed by atoms with van der Waals surface area (Å²) in [4.78, 5) is 0. The van der Waals surface area contributed by atoms with Crippen LogP contribution in [0.4, 0.5) is 11.4 Å². The van der Waals surface area contributed by atoms with Crippen LogP contribution in [0.1, 0.15) is 5.56 Å². The third-order valence-electron chi connectivity index (χ3n) is 2.78. The van der Waals surface area contributed by atoms with Gasteiger partial charge < -0.3 is 9.47 Å². The number of hydrogen-bond acceptors (Lipinski definition) is 4. The zero-order chi connectivity index (χ0) is 13.7. The summed E-state index contributed by atoms with van der Waals surface area (Å²) in [6.07, 6.45) is 0. The summed E-state index contributed by atoms with van der Waals surface area (Å²) in [5.74, 6) is 1.27. The van der Waals surface area contributed by atoms with Crippen molar-refractivity contribution in [2.24, 2.45) is 10.2 Å². The third-order valence-corrected chi connectivity index (χ3v) is 2.78. The number of rotatable bonds is 4. The summed E-state index contributed by atoms with van der Waals surface area (Å²) in [6, 6.07) is 13.3. The topological polar surface area (TPSA) is 43.2 Å². The van der Waals surface area contributed by atoms with Gasteiger partial charge in [0.1, 0.15) is 11.5 Å². The summed E-state index contributed by atoms with van der Waals surface area (Å²) in [6.45, 7) is 1.99. The lowest BCUT2D eigenvalue weighted by Crippen LogP contribution is -1.87. The van der Waals surface area contributed by atoms with Gasteiger partial charge in [-0.2, -0.15) is 5.11 Å². The van der Waals surface area contributed by atoms with Crippen molar-refractivity contribution in [2.45, 2.75) is 6.92 Å². The molecule has 0 N–H and O–H groups in total. The van der Waals surface area contributed by atoms with Crippen molar-refractivity contribution in [1.29, 1.82) is 0 Å². The zero-order valence-corrected chi connectivity index (χ0v) is 11.3. The highest BCUT2D eigenvalue weighted by atomic mass is 16.5. The molecule has 2 aromatic carbocycles. The standard InChI is InChI=1S/C15H16N2O2/c1-11-7-4-5-8-12(11)16-17-15-13(18-2)9-6-10-14(15)19-3/h4-10H,1-3H3. The largest absolute Gasteiger partial charge is 0.494 e. The van der Waals surface area contributed by atoms with Crippen molar-refractivity contribution < 1.29 is 9.47 Å². The SMILES string of the molecule is COc1cccc(OC)c1N=Nc1ccccc1C. The van der Waals surface area contributed by atoms with E-state index in [-0.39, 0.29) is 0 Å². The quantitative estimate of drug-likeness (QED) is 0.759. The second-order valence-electron chi connectivity index (χ2n) is 4.00. The van der Waals surface area contributed by atoms with Gasteiger partial charge in [-0.15, -0.1) is 5.11 Å². The maximum Gasteiger partial charge on any atom is 0.169 e. The predicted octanol–water partition coefficient (Wildman–Crippen LogP) is 4.43. The number of aryl methyl sites for hydroxylation is 1. The third kappa shape index (κ3) is 2.91. The van der Waals surface area contributed by atoms with Gasteiger partial charge in [-0.3, -0.25) is 0 Å². The second kappa shape index (κ2) is 6.00. The van der Waals surface area contributed by atoms with E-state index >= 15 is 0 Å². The van der Waals surface area contributed by atoms with Crippen molar-refractivity contribution in [1.82, 2.24) is 0 Å². The minimum atomic E-state index is 0.593. The van der Waals surface area contributed by atoms with Crippen LogP contribution in [-0.2, 0) is 0 Å². The molecule has 98 valence electrons. The molecule has 0 aliphatic heterocycles. The van der Waals surface area contributed by atoms with Crippen LogP contribution in [0.25, 0.3) is 0 Å². The Kier molecular flexibility index (Phi) is 4.13. The fraction of sp³-hybridized carbons (Fsp3) is 0.200. The summed E-state index contributed by atoms with van der Waals surface area (Å²) in [5, 5.41) is 8.51. The molecule has 2 aromatic rings. The molecule has 0 fully saturated rings. The number of azo groups is 1. The molecule has 0 amide bonds. The molecule has 2 rings (SSSR count). The van der Waals surface area contributed by atoms with E-state index in [1.807, 2.05) is 49.4 Å². The molecule has 0 aliphatic carbocycles. The molecule has 0 heterocycles. The van der Waals surface area contributed by atoms with E-state index < -0.39 is 0 Å². The predicted molar refractivity (Wildman–Crippen MR) is 74.9 cm³/mol. The summed E-state index contributed by atoms with van der Waals surface area (Å²) in [7, 11) is 3.20. The van der Waals surface area contributed by atoms with E-state index in [1.54, 1.807) is 14.2 Å². The van der Waals surface area contributed by atoms with Crippen LogP contribution in [0, 0.1) is 6.92 Å². The van der Waals surface area contributed by atoms with Gasteiger partial charge in [-0.25, -0.2) is 0 Å². The molecule has 0 saturated carbocycles. The minimum absolute atomic E-state index is 0.593. The Labute approximate surface area is 112 Å². The molecule has 4 nitrogen and oxygen atoms in total. The molecule has 0 aromatic heterocycles. The van der Waals surface area contributed by atoms with E-state index in [2.05, 4.69) is 10.2 Å². The smallest absolute Gasteiger partial charge is 0.169 e. The van der Waals surface area contributed by atoms with Crippen LogP contribution in [0.2, 0.25) is 0 Å². The zero-order valence-electron chi connectivity index (χ0n) is 11.3. The molecular weight excluding hydrogens is 240 g/mol. The highest BCUT2D eigenvalue weighted by molar-refractivity contribution is 5.62. The lowest BCUT2D eigenvalue weighted by atomic mass is 10.2. The fourth-order valence-electron chi connectivity index (χ4n) is 1.71. The first-order valence-corrected chi connectivity index (χ1v) is 5.94. The fourth-order valence-corrected chi connectivity index (χ4v) is 1.71. The monoisotopic (exact) mass is 256 g/mol. The summed E-state index contributed by atoms with van der Waals surface area (Å²) in [5.41, 5.74) is 2.49. The number of benzene rings is 2. The first kappa shape index (κ1) is 13.1. The van der Waals surface area contributed by atoms with Crippen molar-refractivity contribution in [3.63, 3.8) is 0 Å². The van der Waals surface area contributed by atoms with Crippen molar-refractivity contribution in [2.75, 3.05) is 14.2 Å². The molecule has 0 spiro atoms.